The molecule has 1 amide bonds. The second kappa shape index (κ2) is 10.1. The van der Waals surface area contributed by atoms with Gasteiger partial charge in [-0.3, -0.25) is 4.79 Å². The van der Waals surface area contributed by atoms with Gasteiger partial charge in [-0.05, 0) is 66.0 Å². The van der Waals surface area contributed by atoms with Crippen molar-refractivity contribution in [3.63, 3.8) is 0 Å². The molecular formula is C22H24BrN5O3. The molecule has 9 heteroatoms. The Balaban J connectivity index is 1.74. The normalized spacial score (nSPS) is 11.0. The maximum absolute atomic E-state index is 12.3. The number of anilines is 2. The number of ether oxygens (including phenoxy) is 2. The van der Waals surface area contributed by atoms with Gasteiger partial charge in [0, 0.05) is 5.69 Å². The van der Waals surface area contributed by atoms with Gasteiger partial charge in [-0.2, -0.15) is 5.10 Å². The Kier molecular flexibility index (Phi) is 7.30. The number of hydrogen-bond acceptors (Lipinski definition) is 6. The number of benzene rings is 2. The molecule has 3 rings (SSSR count). The Morgan fingerprint density at radius 2 is 2.06 bits per heavy atom. The molecular weight excluding hydrogens is 462 g/mol. The van der Waals surface area contributed by atoms with Crippen LogP contribution in [0.3, 0.4) is 0 Å². The Hall–Kier alpha value is -3.33. The molecule has 3 N–H and O–H groups in total. The number of nitrogens with two attached hydrogens (primary N) is 1. The fourth-order valence-corrected chi connectivity index (χ4v) is 3.40. The molecule has 0 aliphatic rings. The third-order valence-electron chi connectivity index (χ3n) is 4.26. The smallest absolute Gasteiger partial charge is 0.262 e. The molecule has 1 aromatic heterocycles. The molecule has 0 fully saturated rings. The molecule has 0 radical (unpaired) electrons. The first kappa shape index (κ1) is 22.4. The molecule has 0 saturated carbocycles. The van der Waals surface area contributed by atoms with Crippen LogP contribution < -0.4 is 20.5 Å². The molecule has 162 valence electrons. The molecule has 0 saturated heterocycles. The Bertz CT molecular complexity index is 1110. The van der Waals surface area contributed by atoms with E-state index in [-0.39, 0.29) is 12.5 Å². The van der Waals surface area contributed by atoms with Crippen LogP contribution in [0.25, 0.3) is 0 Å². The van der Waals surface area contributed by atoms with E-state index >= 15 is 0 Å². The molecule has 0 spiro atoms. The van der Waals surface area contributed by atoms with E-state index in [4.69, 9.17) is 15.2 Å². The summed E-state index contributed by atoms with van der Waals surface area (Å²) in [6.07, 6.45) is 3.37. The lowest BCUT2D eigenvalue weighted by Crippen LogP contribution is -2.21. The highest BCUT2D eigenvalue weighted by molar-refractivity contribution is 9.10. The van der Waals surface area contributed by atoms with Crippen molar-refractivity contribution in [2.24, 2.45) is 5.10 Å². The number of nitrogens with zero attached hydrogens (tertiary/aromatic N) is 3. The number of rotatable bonds is 8. The molecule has 3 aromatic rings. The molecule has 0 aliphatic heterocycles. The first-order chi connectivity index (χ1) is 14.9. The van der Waals surface area contributed by atoms with Gasteiger partial charge < -0.3 is 20.5 Å². The SMILES string of the molecule is CCOc1cc(C=Nn2cc(C)nc2N)cc(Br)c1OCC(=O)Nc1ccccc1C. The van der Waals surface area contributed by atoms with Gasteiger partial charge in [0.05, 0.1) is 29.2 Å². The van der Waals surface area contributed by atoms with E-state index in [1.165, 1.54) is 4.68 Å². The number of carbonyl (C=O) groups is 1. The third kappa shape index (κ3) is 5.85. The average Bonchev–Trinajstić information content (AvgIpc) is 3.04. The Labute approximate surface area is 189 Å². The third-order valence-corrected chi connectivity index (χ3v) is 4.85. The van der Waals surface area contributed by atoms with Gasteiger partial charge in [-0.25, -0.2) is 9.66 Å². The number of halogens is 1. The number of para-hydroxylation sites is 1. The van der Waals surface area contributed by atoms with E-state index in [0.29, 0.717) is 28.5 Å². The molecule has 8 nitrogen and oxygen atoms in total. The molecule has 0 atom stereocenters. The van der Waals surface area contributed by atoms with E-state index < -0.39 is 0 Å². The second-order valence-corrected chi connectivity index (χ2v) is 7.60. The van der Waals surface area contributed by atoms with Gasteiger partial charge in [0.25, 0.3) is 5.91 Å². The molecule has 0 aliphatic carbocycles. The number of nitrogens with one attached hydrogen (secondary N) is 1. The van der Waals surface area contributed by atoms with E-state index in [1.807, 2.05) is 51.1 Å². The maximum atomic E-state index is 12.3. The summed E-state index contributed by atoms with van der Waals surface area (Å²) in [6, 6.07) is 11.2. The van der Waals surface area contributed by atoms with E-state index in [2.05, 4.69) is 31.3 Å². The number of carbonyl (C=O) groups excluding carboxylic acids is 1. The summed E-state index contributed by atoms with van der Waals surface area (Å²) in [5, 5.41) is 7.17. The van der Waals surface area contributed by atoms with E-state index in [9.17, 15) is 4.79 Å². The van der Waals surface area contributed by atoms with Crippen LogP contribution in [0.4, 0.5) is 11.6 Å². The summed E-state index contributed by atoms with van der Waals surface area (Å²) in [5.41, 5.74) is 9.08. The fraction of sp³-hybridized carbons (Fsp3) is 0.227. The first-order valence-corrected chi connectivity index (χ1v) is 10.5. The highest BCUT2D eigenvalue weighted by Crippen LogP contribution is 2.36. The Morgan fingerprint density at radius 3 is 2.74 bits per heavy atom. The highest BCUT2D eigenvalue weighted by atomic mass is 79.9. The molecule has 2 aromatic carbocycles. The zero-order chi connectivity index (χ0) is 22.4. The first-order valence-electron chi connectivity index (χ1n) is 9.67. The Morgan fingerprint density at radius 1 is 1.29 bits per heavy atom. The lowest BCUT2D eigenvalue weighted by molar-refractivity contribution is -0.118. The van der Waals surface area contributed by atoms with Crippen LogP contribution in [-0.4, -0.2) is 35.0 Å². The van der Waals surface area contributed by atoms with Gasteiger partial charge in [0.2, 0.25) is 5.95 Å². The van der Waals surface area contributed by atoms with Crippen LogP contribution in [0.5, 0.6) is 11.5 Å². The minimum absolute atomic E-state index is 0.161. The summed E-state index contributed by atoms with van der Waals surface area (Å²) in [5.74, 6) is 0.978. The van der Waals surface area contributed by atoms with E-state index in [1.54, 1.807) is 18.5 Å². The second-order valence-electron chi connectivity index (χ2n) is 6.74. The lowest BCUT2D eigenvalue weighted by Gasteiger charge is -2.15. The maximum Gasteiger partial charge on any atom is 0.262 e. The summed E-state index contributed by atoms with van der Waals surface area (Å²) < 4.78 is 13.6. The van der Waals surface area contributed by atoms with Crippen molar-refractivity contribution in [2.45, 2.75) is 20.8 Å². The van der Waals surface area contributed by atoms with Gasteiger partial charge in [-0.1, -0.05) is 18.2 Å². The van der Waals surface area contributed by atoms with Crippen molar-refractivity contribution in [2.75, 3.05) is 24.3 Å². The fourth-order valence-electron chi connectivity index (χ4n) is 2.83. The van der Waals surface area contributed by atoms with Crippen molar-refractivity contribution < 1.29 is 14.3 Å². The van der Waals surface area contributed by atoms with Gasteiger partial charge in [0.1, 0.15) is 0 Å². The molecule has 31 heavy (non-hydrogen) atoms. The van der Waals surface area contributed by atoms with Crippen LogP contribution in [0.15, 0.2) is 52.2 Å². The topological polar surface area (TPSA) is 104 Å². The summed E-state index contributed by atoms with van der Waals surface area (Å²) in [4.78, 5) is 16.5. The van der Waals surface area contributed by atoms with Crippen LogP contribution in [-0.2, 0) is 4.79 Å². The zero-order valence-corrected chi connectivity index (χ0v) is 19.1. The minimum Gasteiger partial charge on any atom is -0.490 e. The summed E-state index contributed by atoms with van der Waals surface area (Å²) >= 11 is 3.50. The molecule has 1 heterocycles. The predicted octanol–water partition coefficient (Wildman–Crippen LogP) is 4.14. The number of imidazole rings is 1. The van der Waals surface area contributed by atoms with E-state index in [0.717, 1.165) is 22.5 Å². The predicted molar refractivity (Wildman–Crippen MR) is 125 cm³/mol. The van der Waals surface area contributed by atoms with Crippen LogP contribution in [0, 0.1) is 13.8 Å². The summed E-state index contributed by atoms with van der Waals surface area (Å²) in [7, 11) is 0. The quantitative estimate of drug-likeness (QED) is 0.466. The standard InChI is InChI=1S/C22H24BrN5O3/c1-4-30-19-10-16(11-25-28-12-15(3)26-22(28)24)9-17(23)21(19)31-13-20(29)27-18-8-6-5-7-14(18)2/h5-12H,4,13H2,1-3H3,(H2,24,26)(H,27,29). The molecule has 0 bridgehead atoms. The largest absolute Gasteiger partial charge is 0.490 e. The van der Waals surface area contributed by atoms with Crippen molar-refractivity contribution in [1.29, 1.82) is 0 Å². The van der Waals surface area contributed by atoms with Crippen molar-refractivity contribution in [1.82, 2.24) is 9.66 Å². The molecule has 0 unspecified atom stereocenters. The van der Waals surface area contributed by atoms with Gasteiger partial charge in [0.15, 0.2) is 18.1 Å². The van der Waals surface area contributed by atoms with Gasteiger partial charge >= 0.3 is 0 Å². The van der Waals surface area contributed by atoms with Crippen molar-refractivity contribution in [3.05, 3.63) is 63.9 Å². The average molecular weight is 486 g/mol. The van der Waals surface area contributed by atoms with Crippen LogP contribution in [0.2, 0.25) is 0 Å². The number of aromatic nitrogens is 2. The monoisotopic (exact) mass is 485 g/mol. The minimum atomic E-state index is -0.264. The number of amides is 1. The number of nitrogen functional groups attached to an aromatic ring is 1. The van der Waals surface area contributed by atoms with Crippen LogP contribution in [0.1, 0.15) is 23.7 Å². The zero-order valence-electron chi connectivity index (χ0n) is 17.6. The number of hydrogen-bond donors (Lipinski definition) is 2. The number of aryl methyl sites for hydroxylation is 2. The summed E-state index contributed by atoms with van der Waals surface area (Å²) in [6.45, 7) is 5.92. The van der Waals surface area contributed by atoms with Crippen molar-refractivity contribution >= 4 is 39.7 Å². The van der Waals surface area contributed by atoms with Crippen LogP contribution >= 0.6 is 15.9 Å². The lowest BCUT2D eigenvalue weighted by atomic mass is 10.2. The van der Waals surface area contributed by atoms with Crippen molar-refractivity contribution in [3.8, 4) is 11.5 Å². The van der Waals surface area contributed by atoms with Gasteiger partial charge in [-0.15, -0.1) is 0 Å². The highest BCUT2D eigenvalue weighted by Gasteiger charge is 2.14.